The van der Waals surface area contributed by atoms with Gasteiger partial charge in [-0.1, -0.05) is 20.8 Å². The molecule has 1 nitrogen and oxygen atoms in total. The Morgan fingerprint density at radius 2 is 2.00 bits per heavy atom. The molecule has 0 radical (unpaired) electrons. The van der Waals surface area contributed by atoms with Gasteiger partial charge in [-0.15, -0.1) is 0 Å². The smallest absolute Gasteiger partial charge is 0.00597 e. The SMILES string of the molecule is CC(C)(C)CSC1CCCNCC1. The average molecular weight is 201 g/mol. The second-order valence-electron chi connectivity index (χ2n) is 5.17. The molecule has 1 aliphatic rings. The van der Waals surface area contributed by atoms with E-state index in [0.717, 1.165) is 5.25 Å². The molecule has 0 aromatic heterocycles. The summed E-state index contributed by atoms with van der Waals surface area (Å²) in [7, 11) is 0. The van der Waals surface area contributed by atoms with Crippen LogP contribution in [-0.4, -0.2) is 24.1 Å². The first-order valence-corrected chi connectivity index (χ1v) is 6.45. The van der Waals surface area contributed by atoms with Crippen LogP contribution in [0.3, 0.4) is 0 Å². The molecule has 1 fully saturated rings. The molecule has 0 amide bonds. The van der Waals surface area contributed by atoms with Gasteiger partial charge in [-0.3, -0.25) is 0 Å². The van der Waals surface area contributed by atoms with Crippen molar-refractivity contribution in [2.45, 2.75) is 45.3 Å². The van der Waals surface area contributed by atoms with Crippen LogP contribution in [-0.2, 0) is 0 Å². The van der Waals surface area contributed by atoms with E-state index < -0.39 is 0 Å². The van der Waals surface area contributed by atoms with Crippen molar-refractivity contribution < 1.29 is 0 Å². The van der Waals surface area contributed by atoms with Gasteiger partial charge in [0.25, 0.3) is 0 Å². The van der Waals surface area contributed by atoms with E-state index in [1.54, 1.807) is 0 Å². The number of hydrogen-bond acceptors (Lipinski definition) is 2. The maximum Gasteiger partial charge on any atom is 0.00597 e. The van der Waals surface area contributed by atoms with Crippen molar-refractivity contribution in [1.82, 2.24) is 5.32 Å². The third-order valence-corrected chi connectivity index (χ3v) is 4.25. The van der Waals surface area contributed by atoms with Gasteiger partial charge in [-0.05, 0) is 43.5 Å². The molecule has 1 N–H and O–H groups in total. The molecule has 1 rings (SSSR count). The van der Waals surface area contributed by atoms with Crippen molar-refractivity contribution in [1.29, 1.82) is 0 Å². The molecule has 0 aromatic rings. The van der Waals surface area contributed by atoms with E-state index in [9.17, 15) is 0 Å². The number of hydrogen-bond donors (Lipinski definition) is 1. The molecule has 1 aliphatic heterocycles. The third-order valence-electron chi connectivity index (χ3n) is 2.27. The van der Waals surface area contributed by atoms with E-state index in [2.05, 4.69) is 37.8 Å². The van der Waals surface area contributed by atoms with Gasteiger partial charge in [0.15, 0.2) is 0 Å². The lowest BCUT2D eigenvalue weighted by atomic mass is 10.0. The first-order valence-electron chi connectivity index (χ1n) is 5.40. The average Bonchev–Trinajstić information content (AvgIpc) is 2.26. The highest BCUT2D eigenvalue weighted by Crippen LogP contribution is 2.28. The van der Waals surface area contributed by atoms with Gasteiger partial charge >= 0.3 is 0 Å². The van der Waals surface area contributed by atoms with Gasteiger partial charge in [-0.25, -0.2) is 0 Å². The minimum atomic E-state index is 0.490. The van der Waals surface area contributed by atoms with Crippen molar-refractivity contribution in [2.75, 3.05) is 18.8 Å². The van der Waals surface area contributed by atoms with Crippen molar-refractivity contribution in [3.05, 3.63) is 0 Å². The van der Waals surface area contributed by atoms with Crippen LogP contribution >= 0.6 is 11.8 Å². The minimum absolute atomic E-state index is 0.490. The largest absolute Gasteiger partial charge is 0.317 e. The van der Waals surface area contributed by atoms with Crippen LogP contribution in [0.15, 0.2) is 0 Å². The zero-order valence-electron chi connectivity index (χ0n) is 9.23. The fourth-order valence-electron chi connectivity index (χ4n) is 1.52. The van der Waals surface area contributed by atoms with E-state index in [1.165, 1.54) is 38.1 Å². The molecule has 1 atom stereocenters. The third kappa shape index (κ3) is 5.58. The lowest BCUT2D eigenvalue weighted by molar-refractivity contribution is 0.479. The van der Waals surface area contributed by atoms with E-state index in [0.29, 0.717) is 5.41 Å². The molecule has 1 heterocycles. The molecule has 0 saturated carbocycles. The summed E-state index contributed by atoms with van der Waals surface area (Å²) >= 11 is 2.18. The van der Waals surface area contributed by atoms with E-state index in [-0.39, 0.29) is 0 Å². The summed E-state index contributed by atoms with van der Waals surface area (Å²) < 4.78 is 0. The Labute approximate surface area is 87.1 Å². The molecule has 0 aliphatic carbocycles. The van der Waals surface area contributed by atoms with Crippen molar-refractivity contribution >= 4 is 11.8 Å². The van der Waals surface area contributed by atoms with Crippen LogP contribution in [0.1, 0.15) is 40.0 Å². The summed E-state index contributed by atoms with van der Waals surface area (Å²) in [5.74, 6) is 1.30. The topological polar surface area (TPSA) is 12.0 Å². The molecule has 1 unspecified atom stereocenters. The monoisotopic (exact) mass is 201 g/mol. The predicted octanol–water partition coefficient (Wildman–Crippen LogP) is 2.91. The summed E-state index contributed by atoms with van der Waals surface area (Å²) in [4.78, 5) is 0. The molecule has 0 spiro atoms. The molecule has 0 aromatic carbocycles. The number of nitrogens with one attached hydrogen (secondary N) is 1. The molecule has 2 heteroatoms. The Balaban J connectivity index is 2.19. The van der Waals surface area contributed by atoms with Crippen molar-refractivity contribution in [3.63, 3.8) is 0 Å². The molecular weight excluding hydrogens is 178 g/mol. The molecular formula is C11H23NS. The quantitative estimate of drug-likeness (QED) is 0.737. The zero-order chi connectivity index (χ0) is 9.73. The molecule has 1 saturated heterocycles. The molecule has 13 heavy (non-hydrogen) atoms. The van der Waals surface area contributed by atoms with Crippen LogP contribution in [0.2, 0.25) is 0 Å². The van der Waals surface area contributed by atoms with Gasteiger partial charge in [0.2, 0.25) is 0 Å². The maximum atomic E-state index is 3.46. The summed E-state index contributed by atoms with van der Waals surface area (Å²) in [6.07, 6.45) is 4.14. The summed E-state index contributed by atoms with van der Waals surface area (Å²) in [6, 6.07) is 0. The lowest BCUT2D eigenvalue weighted by Gasteiger charge is -2.21. The Kier molecular flexibility index (Phi) is 4.60. The standard InChI is InChI=1S/C11H23NS/c1-11(2,3)9-13-10-5-4-7-12-8-6-10/h10,12H,4-9H2,1-3H3. The highest BCUT2D eigenvalue weighted by Gasteiger charge is 2.16. The number of thioether (sulfide) groups is 1. The Hall–Kier alpha value is 0.310. The van der Waals surface area contributed by atoms with Gasteiger partial charge in [0, 0.05) is 5.25 Å². The fraction of sp³-hybridized carbons (Fsp3) is 1.00. The first kappa shape index (κ1) is 11.4. The van der Waals surface area contributed by atoms with Crippen LogP contribution in [0.25, 0.3) is 0 Å². The summed E-state index contributed by atoms with van der Waals surface area (Å²) in [5, 5.41) is 4.37. The highest BCUT2D eigenvalue weighted by molar-refractivity contribution is 7.99. The molecule has 0 bridgehead atoms. The highest BCUT2D eigenvalue weighted by atomic mass is 32.2. The van der Waals surface area contributed by atoms with Crippen LogP contribution in [0.5, 0.6) is 0 Å². The van der Waals surface area contributed by atoms with E-state index in [4.69, 9.17) is 0 Å². The van der Waals surface area contributed by atoms with Crippen LogP contribution < -0.4 is 5.32 Å². The van der Waals surface area contributed by atoms with Crippen LogP contribution in [0, 0.1) is 5.41 Å². The number of rotatable bonds is 2. The summed E-state index contributed by atoms with van der Waals surface area (Å²) in [5.41, 5.74) is 0.490. The minimum Gasteiger partial charge on any atom is -0.317 e. The Bertz CT molecular complexity index is 132. The lowest BCUT2D eigenvalue weighted by Crippen LogP contribution is -2.16. The van der Waals surface area contributed by atoms with Gasteiger partial charge in [0.1, 0.15) is 0 Å². The van der Waals surface area contributed by atoms with Crippen molar-refractivity contribution in [3.8, 4) is 0 Å². The second kappa shape index (κ2) is 5.26. The van der Waals surface area contributed by atoms with Crippen molar-refractivity contribution in [2.24, 2.45) is 5.41 Å². The van der Waals surface area contributed by atoms with E-state index >= 15 is 0 Å². The Morgan fingerprint density at radius 3 is 2.69 bits per heavy atom. The van der Waals surface area contributed by atoms with Gasteiger partial charge in [0.05, 0.1) is 0 Å². The predicted molar refractivity (Wildman–Crippen MR) is 62.4 cm³/mol. The Morgan fingerprint density at radius 1 is 1.23 bits per heavy atom. The van der Waals surface area contributed by atoms with Crippen LogP contribution in [0.4, 0.5) is 0 Å². The normalized spacial score (nSPS) is 25.6. The molecule has 78 valence electrons. The van der Waals surface area contributed by atoms with Gasteiger partial charge < -0.3 is 5.32 Å². The van der Waals surface area contributed by atoms with Gasteiger partial charge in [-0.2, -0.15) is 11.8 Å². The fourth-order valence-corrected chi connectivity index (χ4v) is 2.88. The first-order chi connectivity index (χ1) is 6.08. The zero-order valence-corrected chi connectivity index (χ0v) is 10.0. The second-order valence-corrected chi connectivity index (χ2v) is 6.46. The van der Waals surface area contributed by atoms with E-state index in [1.807, 2.05) is 0 Å². The summed E-state index contributed by atoms with van der Waals surface area (Å²) in [6.45, 7) is 9.44. The maximum absolute atomic E-state index is 3.46.